The minimum absolute atomic E-state index is 0.0619. The van der Waals surface area contributed by atoms with E-state index in [0.717, 1.165) is 24.3 Å². The highest BCUT2D eigenvalue weighted by molar-refractivity contribution is 5.78. The van der Waals surface area contributed by atoms with Gasteiger partial charge in [-0.15, -0.1) is 0 Å². The normalized spacial score (nSPS) is 15.3. The van der Waals surface area contributed by atoms with Gasteiger partial charge in [-0.3, -0.25) is 4.79 Å². The van der Waals surface area contributed by atoms with Crippen molar-refractivity contribution in [1.82, 2.24) is 5.32 Å². The summed E-state index contributed by atoms with van der Waals surface area (Å²) >= 11 is 0. The van der Waals surface area contributed by atoms with E-state index < -0.39 is 0 Å². The molecule has 1 fully saturated rings. The molecule has 0 heterocycles. The Morgan fingerprint density at radius 3 is 2.61 bits per heavy atom. The Morgan fingerprint density at radius 1 is 1.17 bits per heavy atom. The fourth-order valence-corrected chi connectivity index (χ4v) is 2.90. The van der Waals surface area contributed by atoms with Crippen LogP contribution in [0.4, 0.5) is 0 Å². The first-order valence-corrected chi connectivity index (χ1v) is 8.88. The fraction of sp³-hybridized carbons (Fsp3) is 0.632. The van der Waals surface area contributed by atoms with Crippen molar-refractivity contribution in [2.24, 2.45) is 0 Å². The van der Waals surface area contributed by atoms with Crippen molar-refractivity contribution in [2.45, 2.75) is 58.0 Å². The van der Waals surface area contributed by atoms with E-state index in [1.165, 1.54) is 32.1 Å². The molecule has 1 amide bonds. The van der Waals surface area contributed by atoms with Crippen LogP contribution in [0.3, 0.4) is 0 Å². The molecule has 1 aromatic carbocycles. The van der Waals surface area contributed by atoms with Gasteiger partial charge in [-0.2, -0.15) is 0 Å². The van der Waals surface area contributed by atoms with Crippen LogP contribution in [-0.4, -0.2) is 31.8 Å². The van der Waals surface area contributed by atoms with Crippen LogP contribution in [0, 0.1) is 0 Å². The Morgan fingerprint density at radius 2 is 1.91 bits per heavy atom. The maximum atomic E-state index is 11.9. The molecule has 1 N–H and O–H groups in total. The number of hydrogen-bond acceptors (Lipinski definition) is 3. The van der Waals surface area contributed by atoms with Gasteiger partial charge in [-0.1, -0.05) is 31.4 Å². The Bertz CT molecular complexity index is 452. The highest BCUT2D eigenvalue weighted by Crippen LogP contribution is 2.20. The molecule has 1 aromatic rings. The number of carbonyl (C=O) groups is 1. The SMILES string of the molecule is CCOc1ccc(CC(=O)NCCCOC2CCCCC2)cc1. The third kappa shape index (κ3) is 7.04. The van der Waals surface area contributed by atoms with Crippen LogP contribution < -0.4 is 10.1 Å². The van der Waals surface area contributed by atoms with Gasteiger partial charge in [-0.25, -0.2) is 0 Å². The van der Waals surface area contributed by atoms with Gasteiger partial charge in [0.25, 0.3) is 0 Å². The van der Waals surface area contributed by atoms with Gasteiger partial charge >= 0.3 is 0 Å². The molecule has 23 heavy (non-hydrogen) atoms. The molecule has 0 unspecified atom stereocenters. The van der Waals surface area contributed by atoms with Crippen LogP contribution in [0.25, 0.3) is 0 Å². The Hall–Kier alpha value is -1.55. The lowest BCUT2D eigenvalue weighted by Gasteiger charge is -2.21. The molecule has 1 aliphatic rings. The van der Waals surface area contributed by atoms with Gasteiger partial charge in [0.15, 0.2) is 0 Å². The van der Waals surface area contributed by atoms with E-state index in [4.69, 9.17) is 9.47 Å². The highest BCUT2D eigenvalue weighted by Gasteiger charge is 2.13. The molecule has 0 saturated heterocycles. The number of ether oxygens (including phenoxy) is 2. The van der Waals surface area contributed by atoms with E-state index in [0.29, 0.717) is 25.7 Å². The van der Waals surface area contributed by atoms with Crippen LogP contribution in [-0.2, 0) is 16.0 Å². The summed E-state index contributed by atoms with van der Waals surface area (Å²) < 4.78 is 11.2. The Kier molecular flexibility index (Phi) is 7.95. The molecule has 4 heteroatoms. The van der Waals surface area contributed by atoms with Crippen LogP contribution >= 0.6 is 0 Å². The average molecular weight is 319 g/mol. The first-order valence-electron chi connectivity index (χ1n) is 8.88. The fourth-order valence-electron chi connectivity index (χ4n) is 2.90. The maximum absolute atomic E-state index is 11.9. The second-order valence-corrected chi connectivity index (χ2v) is 6.09. The lowest BCUT2D eigenvalue weighted by atomic mass is 9.98. The Balaban J connectivity index is 1.55. The van der Waals surface area contributed by atoms with Crippen molar-refractivity contribution in [2.75, 3.05) is 19.8 Å². The lowest BCUT2D eigenvalue weighted by molar-refractivity contribution is -0.120. The molecule has 0 spiro atoms. The molecule has 4 nitrogen and oxygen atoms in total. The van der Waals surface area contributed by atoms with Crippen molar-refractivity contribution in [1.29, 1.82) is 0 Å². The zero-order valence-corrected chi connectivity index (χ0v) is 14.2. The van der Waals surface area contributed by atoms with Gasteiger partial charge in [0, 0.05) is 13.2 Å². The topological polar surface area (TPSA) is 47.6 Å². The van der Waals surface area contributed by atoms with Gasteiger partial charge in [0.1, 0.15) is 5.75 Å². The lowest BCUT2D eigenvalue weighted by Crippen LogP contribution is -2.27. The smallest absolute Gasteiger partial charge is 0.224 e. The summed E-state index contributed by atoms with van der Waals surface area (Å²) in [7, 11) is 0. The first kappa shape index (κ1) is 17.8. The van der Waals surface area contributed by atoms with E-state index in [-0.39, 0.29) is 5.91 Å². The highest BCUT2D eigenvalue weighted by atomic mass is 16.5. The number of rotatable bonds is 9. The van der Waals surface area contributed by atoms with Gasteiger partial charge in [-0.05, 0) is 43.9 Å². The predicted molar refractivity (Wildman–Crippen MR) is 91.8 cm³/mol. The first-order chi connectivity index (χ1) is 11.3. The number of hydrogen-bond donors (Lipinski definition) is 1. The summed E-state index contributed by atoms with van der Waals surface area (Å²) in [6.07, 6.45) is 8.08. The van der Waals surface area contributed by atoms with Crippen LogP contribution in [0.15, 0.2) is 24.3 Å². The molecule has 0 atom stereocenters. The second kappa shape index (κ2) is 10.3. The van der Waals surface area contributed by atoms with Crippen molar-refractivity contribution in [3.8, 4) is 5.75 Å². The van der Waals surface area contributed by atoms with Crippen LogP contribution in [0.1, 0.15) is 51.0 Å². The molecule has 1 saturated carbocycles. The van der Waals surface area contributed by atoms with Crippen molar-refractivity contribution >= 4 is 5.91 Å². The van der Waals surface area contributed by atoms with Crippen molar-refractivity contribution in [3.63, 3.8) is 0 Å². The summed E-state index contributed by atoms with van der Waals surface area (Å²) in [5, 5.41) is 2.96. The van der Waals surface area contributed by atoms with E-state index in [9.17, 15) is 4.79 Å². The minimum atomic E-state index is 0.0619. The molecule has 0 aromatic heterocycles. The molecular weight excluding hydrogens is 290 g/mol. The zero-order valence-electron chi connectivity index (χ0n) is 14.2. The third-order valence-corrected chi connectivity index (χ3v) is 4.15. The predicted octanol–water partition coefficient (Wildman–Crippen LogP) is 3.48. The van der Waals surface area contributed by atoms with Gasteiger partial charge in [0.05, 0.1) is 19.1 Å². The zero-order chi connectivity index (χ0) is 16.3. The average Bonchev–Trinajstić information content (AvgIpc) is 2.57. The molecule has 1 aliphatic carbocycles. The summed E-state index contributed by atoms with van der Waals surface area (Å²) in [5.41, 5.74) is 1.00. The summed E-state index contributed by atoms with van der Waals surface area (Å²) in [6, 6.07) is 7.70. The largest absolute Gasteiger partial charge is 0.494 e. The Labute approximate surface area is 139 Å². The summed E-state index contributed by atoms with van der Waals surface area (Å²) in [5.74, 6) is 0.906. The summed E-state index contributed by atoms with van der Waals surface area (Å²) in [6.45, 7) is 4.04. The van der Waals surface area contributed by atoms with E-state index >= 15 is 0 Å². The monoisotopic (exact) mass is 319 g/mol. The number of benzene rings is 1. The van der Waals surface area contributed by atoms with Crippen LogP contribution in [0.2, 0.25) is 0 Å². The van der Waals surface area contributed by atoms with Crippen molar-refractivity contribution in [3.05, 3.63) is 29.8 Å². The maximum Gasteiger partial charge on any atom is 0.224 e. The molecular formula is C19H29NO3. The van der Waals surface area contributed by atoms with E-state index in [1.54, 1.807) is 0 Å². The van der Waals surface area contributed by atoms with Crippen LogP contribution in [0.5, 0.6) is 5.75 Å². The number of carbonyl (C=O) groups excluding carboxylic acids is 1. The summed E-state index contributed by atoms with van der Waals surface area (Å²) in [4.78, 5) is 11.9. The van der Waals surface area contributed by atoms with E-state index in [2.05, 4.69) is 5.32 Å². The number of nitrogens with one attached hydrogen (secondary N) is 1. The third-order valence-electron chi connectivity index (χ3n) is 4.15. The molecule has 2 rings (SSSR count). The standard InChI is InChI=1S/C19H29NO3/c1-2-22-18-11-9-16(10-12-18)15-19(21)20-13-6-14-23-17-7-4-3-5-8-17/h9-12,17H,2-8,13-15H2,1H3,(H,20,21). The van der Waals surface area contributed by atoms with Crippen molar-refractivity contribution < 1.29 is 14.3 Å². The molecule has 0 aliphatic heterocycles. The molecule has 0 radical (unpaired) electrons. The van der Waals surface area contributed by atoms with Gasteiger partial charge < -0.3 is 14.8 Å². The molecule has 0 bridgehead atoms. The minimum Gasteiger partial charge on any atom is -0.494 e. The van der Waals surface area contributed by atoms with E-state index in [1.807, 2.05) is 31.2 Å². The quantitative estimate of drug-likeness (QED) is 0.709. The van der Waals surface area contributed by atoms with Gasteiger partial charge in [0.2, 0.25) is 5.91 Å². The second-order valence-electron chi connectivity index (χ2n) is 6.09. The number of amides is 1. The molecule has 128 valence electrons.